The van der Waals surface area contributed by atoms with Crippen molar-refractivity contribution in [1.29, 1.82) is 0 Å². The molecule has 0 amide bonds. The van der Waals surface area contributed by atoms with Crippen LogP contribution in [0.1, 0.15) is 11.1 Å². The third kappa shape index (κ3) is 3.72. The highest BCUT2D eigenvalue weighted by Gasteiger charge is 2.05. The summed E-state index contributed by atoms with van der Waals surface area (Å²) in [4.78, 5) is 10.5. The Morgan fingerprint density at radius 3 is 2.87 bits per heavy atom. The van der Waals surface area contributed by atoms with E-state index in [4.69, 9.17) is 16.7 Å². The van der Waals surface area contributed by atoms with Gasteiger partial charge in [-0.2, -0.15) is 0 Å². The van der Waals surface area contributed by atoms with Gasteiger partial charge < -0.3 is 5.11 Å². The number of carbonyl (C=O) groups is 1. The third-order valence-corrected chi connectivity index (χ3v) is 2.01. The van der Waals surface area contributed by atoms with E-state index in [1.165, 1.54) is 18.2 Å². The second-order valence-electron chi connectivity index (χ2n) is 2.97. The molecule has 0 fully saturated rings. The van der Waals surface area contributed by atoms with Crippen LogP contribution < -0.4 is 0 Å². The topological polar surface area (TPSA) is 37.3 Å². The van der Waals surface area contributed by atoms with Gasteiger partial charge in [0.1, 0.15) is 5.82 Å². The smallest absolute Gasteiger partial charge is 0.307 e. The average molecular weight is 229 g/mol. The summed E-state index contributed by atoms with van der Waals surface area (Å²) in [6, 6.07) is 4.01. The molecule has 0 bridgehead atoms. The van der Waals surface area contributed by atoms with Gasteiger partial charge in [-0.1, -0.05) is 18.2 Å². The SMILES string of the molecule is O=C(O)Cc1ccc(F)cc1C=CCCl. The highest BCUT2D eigenvalue weighted by Crippen LogP contribution is 2.14. The minimum Gasteiger partial charge on any atom is -0.481 e. The van der Waals surface area contributed by atoms with Gasteiger partial charge in [-0.15, -0.1) is 11.6 Å². The standard InChI is InChI=1S/C11H10ClFO2/c12-5-1-2-8-6-10(13)4-3-9(8)7-11(14)15/h1-4,6H,5,7H2,(H,14,15). The predicted octanol–water partition coefficient (Wildman–Crippen LogP) is 2.70. The summed E-state index contributed by atoms with van der Waals surface area (Å²) in [6.07, 6.45) is 3.14. The van der Waals surface area contributed by atoms with Crippen LogP contribution in [0.15, 0.2) is 24.3 Å². The number of hydrogen-bond donors (Lipinski definition) is 1. The molecule has 0 aromatic heterocycles. The minimum atomic E-state index is -0.942. The molecule has 0 heterocycles. The van der Waals surface area contributed by atoms with Crippen molar-refractivity contribution in [2.24, 2.45) is 0 Å². The first kappa shape index (κ1) is 11.7. The maximum Gasteiger partial charge on any atom is 0.307 e. The van der Waals surface area contributed by atoms with Gasteiger partial charge in [0.2, 0.25) is 0 Å². The second-order valence-corrected chi connectivity index (χ2v) is 3.28. The van der Waals surface area contributed by atoms with Gasteiger partial charge in [0.15, 0.2) is 0 Å². The predicted molar refractivity (Wildman–Crippen MR) is 57.5 cm³/mol. The normalized spacial score (nSPS) is 10.8. The number of rotatable bonds is 4. The van der Waals surface area contributed by atoms with E-state index in [0.29, 0.717) is 17.0 Å². The molecule has 0 aliphatic rings. The zero-order valence-corrected chi connectivity index (χ0v) is 8.67. The molecule has 0 radical (unpaired) electrons. The fraction of sp³-hybridized carbons (Fsp3) is 0.182. The molecule has 0 aliphatic heterocycles. The Labute approximate surface area is 92.0 Å². The van der Waals surface area contributed by atoms with Crippen LogP contribution in [0.3, 0.4) is 0 Å². The Morgan fingerprint density at radius 2 is 2.27 bits per heavy atom. The van der Waals surface area contributed by atoms with Crippen molar-refractivity contribution in [2.75, 3.05) is 5.88 Å². The summed E-state index contributed by atoms with van der Waals surface area (Å²) >= 11 is 5.45. The Kier molecular flexibility index (Phi) is 4.31. The number of benzene rings is 1. The largest absolute Gasteiger partial charge is 0.481 e. The molecule has 1 rings (SSSR count). The molecule has 0 saturated carbocycles. The summed E-state index contributed by atoms with van der Waals surface area (Å²) < 4.78 is 12.9. The van der Waals surface area contributed by atoms with E-state index in [9.17, 15) is 9.18 Å². The molecule has 0 aliphatic carbocycles. The summed E-state index contributed by atoms with van der Waals surface area (Å²) in [5.41, 5.74) is 1.13. The van der Waals surface area contributed by atoms with E-state index < -0.39 is 11.8 Å². The number of halogens is 2. The van der Waals surface area contributed by atoms with Crippen molar-refractivity contribution >= 4 is 23.6 Å². The third-order valence-electron chi connectivity index (χ3n) is 1.84. The van der Waals surface area contributed by atoms with Gasteiger partial charge in [0.25, 0.3) is 0 Å². The van der Waals surface area contributed by atoms with Crippen molar-refractivity contribution < 1.29 is 14.3 Å². The van der Waals surface area contributed by atoms with Crippen molar-refractivity contribution in [1.82, 2.24) is 0 Å². The molecule has 1 aromatic rings. The van der Waals surface area contributed by atoms with Gasteiger partial charge in [0, 0.05) is 5.88 Å². The minimum absolute atomic E-state index is 0.123. The summed E-state index contributed by atoms with van der Waals surface area (Å²) in [5, 5.41) is 8.64. The van der Waals surface area contributed by atoms with Gasteiger partial charge in [-0.3, -0.25) is 4.79 Å². The van der Waals surface area contributed by atoms with E-state index in [0.717, 1.165) is 0 Å². The first-order valence-corrected chi connectivity index (χ1v) is 4.89. The number of carboxylic acids is 1. The van der Waals surface area contributed by atoms with Crippen LogP contribution in [-0.2, 0) is 11.2 Å². The highest BCUT2D eigenvalue weighted by molar-refractivity contribution is 6.19. The quantitative estimate of drug-likeness (QED) is 0.805. The van der Waals surface area contributed by atoms with Crippen LogP contribution >= 0.6 is 11.6 Å². The zero-order chi connectivity index (χ0) is 11.3. The summed E-state index contributed by atoms with van der Waals surface area (Å²) in [7, 11) is 0. The molecule has 1 N–H and O–H groups in total. The number of hydrogen-bond acceptors (Lipinski definition) is 1. The Balaban J connectivity index is 3.02. The highest BCUT2D eigenvalue weighted by atomic mass is 35.5. The number of allylic oxidation sites excluding steroid dienone is 1. The maximum atomic E-state index is 12.9. The zero-order valence-electron chi connectivity index (χ0n) is 7.91. The Bertz CT molecular complexity index is 388. The summed E-state index contributed by atoms with van der Waals surface area (Å²) in [5.74, 6) is -1.02. The molecule has 0 saturated heterocycles. The fourth-order valence-electron chi connectivity index (χ4n) is 1.22. The molecule has 15 heavy (non-hydrogen) atoms. The molecular formula is C11H10ClFO2. The van der Waals surface area contributed by atoms with E-state index in [1.54, 1.807) is 12.2 Å². The lowest BCUT2D eigenvalue weighted by Crippen LogP contribution is -2.02. The van der Waals surface area contributed by atoms with Crippen LogP contribution in [0.5, 0.6) is 0 Å². The number of carboxylic acid groups (broad SMARTS) is 1. The van der Waals surface area contributed by atoms with Gasteiger partial charge >= 0.3 is 5.97 Å². The van der Waals surface area contributed by atoms with Crippen LogP contribution in [0, 0.1) is 5.82 Å². The van der Waals surface area contributed by atoms with Crippen LogP contribution in [0.4, 0.5) is 4.39 Å². The second kappa shape index (κ2) is 5.51. The van der Waals surface area contributed by atoms with E-state index in [2.05, 4.69) is 0 Å². The van der Waals surface area contributed by atoms with Gasteiger partial charge in [-0.05, 0) is 23.3 Å². The van der Waals surface area contributed by atoms with E-state index in [-0.39, 0.29) is 6.42 Å². The van der Waals surface area contributed by atoms with Crippen LogP contribution in [-0.4, -0.2) is 17.0 Å². The van der Waals surface area contributed by atoms with Crippen molar-refractivity contribution in [3.8, 4) is 0 Å². The Hall–Kier alpha value is -1.35. The fourth-order valence-corrected chi connectivity index (χ4v) is 1.31. The van der Waals surface area contributed by atoms with Gasteiger partial charge in [0.05, 0.1) is 6.42 Å². The lowest BCUT2D eigenvalue weighted by Gasteiger charge is -2.03. The van der Waals surface area contributed by atoms with E-state index in [1.807, 2.05) is 0 Å². The first-order chi connectivity index (χ1) is 7.13. The molecule has 0 atom stereocenters. The molecule has 80 valence electrons. The Morgan fingerprint density at radius 1 is 1.53 bits per heavy atom. The average Bonchev–Trinajstić information content (AvgIpc) is 2.18. The number of aliphatic carboxylic acids is 1. The monoisotopic (exact) mass is 228 g/mol. The van der Waals surface area contributed by atoms with Gasteiger partial charge in [-0.25, -0.2) is 4.39 Å². The number of alkyl halides is 1. The molecule has 4 heteroatoms. The first-order valence-electron chi connectivity index (χ1n) is 4.36. The van der Waals surface area contributed by atoms with Crippen molar-refractivity contribution in [3.63, 3.8) is 0 Å². The molecule has 0 spiro atoms. The lowest BCUT2D eigenvalue weighted by atomic mass is 10.0. The summed E-state index contributed by atoms with van der Waals surface area (Å²) in [6.45, 7) is 0. The van der Waals surface area contributed by atoms with Crippen LogP contribution in [0.25, 0.3) is 6.08 Å². The maximum absolute atomic E-state index is 12.9. The lowest BCUT2D eigenvalue weighted by molar-refractivity contribution is -0.136. The van der Waals surface area contributed by atoms with Crippen molar-refractivity contribution in [3.05, 3.63) is 41.2 Å². The molecular weight excluding hydrogens is 219 g/mol. The van der Waals surface area contributed by atoms with Crippen molar-refractivity contribution in [2.45, 2.75) is 6.42 Å². The molecule has 1 aromatic carbocycles. The molecule has 0 unspecified atom stereocenters. The van der Waals surface area contributed by atoms with Crippen LogP contribution in [0.2, 0.25) is 0 Å². The molecule has 2 nitrogen and oxygen atoms in total. The van der Waals surface area contributed by atoms with E-state index >= 15 is 0 Å².